The summed E-state index contributed by atoms with van der Waals surface area (Å²) < 4.78 is 1.78. The number of fused-ring (bicyclic) bond motifs is 1. The van der Waals surface area contributed by atoms with E-state index in [9.17, 15) is 9.59 Å². The zero-order chi connectivity index (χ0) is 13.2. The Morgan fingerprint density at radius 1 is 1.26 bits per heavy atom. The van der Waals surface area contributed by atoms with E-state index in [1.54, 1.807) is 22.5 Å². The van der Waals surface area contributed by atoms with Crippen LogP contribution in [0.1, 0.15) is 5.69 Å². The molecule has 96 valence electrons. The second kappa shape index (κ2) is 4.77. The molecule has 3 rings (SSSR count). The normalized spacial score (nSPS) is 10.9. The highest BCUT2D eigenvalue weighted by molar-refractivity contribution is 7.98. The molecule has 0 atom stereocenters. The van der Waals surface area contributed by atoms with Crippen molar-refractivity contribution in [3.8, 4) is 0 Å². The average molecular weight is 274 g/mol. The zero-order valence-electron chi connectivity index (χ0n) is 9.79. The van der Waals surface area contributed by atoms with Crippen molar-refractivity contribution in [1.82, 2.24) is 19.6 Å². The first-order valence-corrected chi connectivity index (χ1v) is 6.58. The van der Waals surface area contributed by atoms with Gasteiger partial charge in [-0.3, -0.25) is 9.59 Å². The van der Waals surface area contributed by atoms with Crippen molar-refractivity contribution >= 4 is 17.3 Å². The highest BCUT2D eigenvalue weighted by atomic mass is 32.2. The Morgan fingerprint density at radius 3 is 3.00 bits per heavy atom. The molecule has 0 bridgehead atoms. The lowest BCUT2D eigenvalue weighted by Crippen LogP contribution is -2.29. The highest BCUT2D eigenvalue weighted by Gasteiger charge is 2.01. The van der Waals surface area contributed by atoms with Crippen LogP contribution in [0.5, 0.6) is 0 Å². The van der Waals surface area contributed by atoms with Gasteiger partial charge in [0.1, 0.15) is 0 Å². The molecule has 19 heavy (non-hydrogen) atoms. The van der Waals surface area contributed by atoms with Crippen molar-refractivity contribution in [2.75, 3.05) is 0 Å². The smallest absolute Gasteiger partial charge is 0.313 e. The fourth-order valence-corrected chi connectivity index (χ4v) is 2.53. The molecule has 0 aliphatic carbocycles. The molecule has 0 saturated carbocycles. The Morgan fingerprint density at radius 2 is 2.16 bits per heavy atom. The van der Waals surface area contributed by atoms with Crippen LogP contribution in [0.4, 0.5) is 0 Å². The quantitative estimate of drug-likeness (QED) is 0.551. The molecule has 6 nitrogen and oxygen atoms in total. The molecule has 3 heterocycles. The first-order chi connectivity index (χ1) is 9.22. The van der Waals surface area contributed by atoms with Gasteiger partial charge in [-0.1, -0.05) is 0 Å². The molecule has 0 aliphatic rings. The van der Waals surface area contributed by atoms with Crippen molar-refractivity contribution < 1.29 is 0 Å². The van der Waals surface area contributed by atoms with Crippen molar-refractivity contribution in [3.05, 3.63) is 63.2 Å². The molecule has 7 heteroatoms. The van der Waals surface area contributed by atoms with Gasteiger partial charge in [0.05, 0.1) is 5.52 Å². The molecule has 0 fully saturated rings. The van der Waals surface area contributed by atoms with Crippen LogP contribution in [-0.2, 0) is 5.75 Å². The molecule has 3 aromatic rings. The summed E-state index contributed by atoms with van der Waals surface area (Å²) in [5, 5.41) is 4.12. The third kappa shape index (κ3) is 2.45. The first kappa shape index (κ1) is 11.8. The molecule has 0 aliphatic heterocycles. The van der Waals surface area contributed by atoms with E-state index in [0.717, 1.165) is 10.4 Å². The van der Waals surface area contributed by atoms with Crippen LogP contribution < -0.4 is 11.1 Å². The summed E-state index contributed by atoms with van der Waals surface area (Å²) in [7, 11) is 0. The number of hydrogen-bond acceptors (Lipinski definition) is 4. The fourth-order valence-electron chi connectivity index (χ4n) is 1.69. The number of rotatable bonds is 3. The first-order valence-electron chi connectivity index (χ1n) is 5.59. The van der Waals surface area contributed by atoms with Crippen LogP contribution >= 0.6 is 11.8 Å². The summed E-state index contributed by atoms with van der Waals surface area (Å²) >= 11 is 1.57. The maximum absolute atomic E-state index is 11.2. The average Bonchev–Trinajstić information content (AvgIpc) is 2.87. The Balaban J connectivity index is 1.79. The molecular weight excluding hydrogens is 264 g/mol. The van der Waals surface area contributed by atoms with Crippen molar-refractivity contribution in [3.63, 3.8) is 0 Å². The van der Waals surface area contributed by atoms with Crippen LogP contribution in [-0.4, -0.2) is 19.6 Å². The van der Waals surface area contributed by atoms with Crippen LogP contribution in [0.25, 0.3) is 5.52 Å². The zero-order valence-corrected chi connectivity index (χ0v) is 10.6. The number of nitrogens with zero attached hydrogens (tertiary/aromatic N) is 2. The third-order valence-electron chi connectivity index (χ3n) is 2.62. The largest absolute Gasteiger partial charge is 0.323 e. The van der Waals surface area contributed by atoms with Gasteiger partial charge in [0.15, 0.2) is 0 Å². The Hall–Kier alpha value is -2.28. The summed E-state index contributed by atoms with van der Waals surface area (Å²) in [4.78, 5) is 28.1. The van der Waals surface area contributed by atoms with Gasteiger partial charge in [0.2, 0.25) is 0 Å². The van der Waals surface area contributed by atoms with Gasteiger partial charge in [-0.15, -0.1) is 11.8 Å². The minimum atomic E-state index is -0.630. The number of pyridine rings is 1. The molecule has 0 radical (unpaired) electrons. The van der Waals surface area contributed by atoms with E-state index in [1.165, 1.54) is 6.20 Å². The van der Waals surface area contributed by atoms with Crippen molar-refractivity contribution in [2.45, 2.75) is 10.6 Å². The van der Waals surface area contributed by atoms with Gasteiger partial charge in [-0.05, 0) is 18.2 Å². The summed E-state index contributed by atoms with van der Waals surface area (Å²) in [6.45, 7) is 0. The predicted octanol–water partition coefficient (Wildman–Crippen LogP) is 1.00. The molecule has 0 aromatic carbocycles. The molecule has 2 N–H and O–H groups in total. The molecule has 0 saturated heterocycles. The monoisotopic (exact) mass is 274 g/mol. The molecule has 3 aromatic heterocycles. The summed E-state index contributed by atoms with van der Waals surface area (Å²) in [6.07, 6.45) is 5.14. The van der Waals surface area contributed by atoms with E-state index in [1.807, 2.05) is 24.4 Å². The van der Waals surface area contributed by atoms with Crippen molar-refractivity contribution in [2.24, 2.45) is 0 Å². The lowest BCUT2D eigenvalue weighted by atomic mass is 10.4. The number of hydrogen-bond donors (Lipinski definition) is 2. The molecular formula is C12H10N4O2S. The highest BCUT2D eigenvalue weighted by Crippen LogP contribution is 2.22. The van der Waals surface area contributed by atoms with Gasteiger partial charge < -0.3 is 9.97 Å². The van der Waals surface area contributed by atoms with Crippen LogP contribution in [0.2, 0.25) is 0 Å². The topological polar surface area (TPSA) is 83.0 Å². The minimum absolute atomic E-state index is 0.580. The predicted molar refractivity (Wildman–Crippen MR) is 72.4 cm³/mol. The van der Waals surface area contributed by atoms with Gasteiger partial charge in [-0.25, -0.2) is 4.52 Å². The summed E-state index contributed by atoms with van der Waals surface area (Å²) in [5.41, 5.74) is 0.446. The number of aromatic nitrogens is 4. The minimum Gasteiger partial charge on any atom is -0.323 e. The Labute approximate surface area is 111 Å². The van der Waals surface area contributed by atoms with Gasteiger partial charge in [0, 0.05) is 34.9 Å². The Bertz CT molecular complexity index is 833. The number of aromatic amines is 2. The van der Waals surface area contributed by atoms with Crippen LogP contribution in [0, 0.1) is 0 Å². The van der Waals surface area contributed by atoms with Crippen LogP contribution in [0.3, 0.4) is 0 Å². The van der Waals surface area contributed by atoms with E-state index in [4.69, 9.17) is 0 Å². The fraction of sp³-hybridized carbons (Fsp3) is 0.0833. The summed E-state index contributed by atoms with van der Waals surface area (Å²) in [5.74, 6) is 0.580. The van der Waals surface area contributed by atoms with E-state index >= 15 is 0 Å². The van der Waals surface area contributed by atoms with E-state index in [2.05, 4.69) is 15.1 Å². The van der Waals surface area contributed by atoms with E-state index in [0.29, 0.717) is 11.4 Å². The van der Waals surface area contributed by atoms with Gasteiger partial charge in [0.25, 0.3) is 0 Å². The second-order valence-electron chi connectivity index (χ2n) is 3.95. The lowest BCUT2D eigenvalue weighted by Gasteiger charge is -2.02. The molecule has 0 spiro atoms. The van der Waals surface area contributed by atoms with E-state index < -0.39 is 11.1 Å². The van der Waals surface area contributed by atoms with Gasteiger partial charge in [-0.2, -0.15) is 5.10 Å². The lowest BCUT2D eigenvalue weighted by molar-refractivity contribution is 0.953. The maximum atomic E-state index is 11.2. The van der Waals surface area contributed by atoms with Crippen molar-refractivity contribution in [1.29, 1.82) is 0 Å². The second-order valence-corrected chi connectivity index (χ2v) is 5.00. The number of thioether (sulfide) groups is 1. The number of H-pyrrole nitrogens is 2. The number of nitrogens with one attached hydrogen (secondary N) is 2. The third-order valence-corrected chi connectivity index (χ3v) is 3.67. The van der Waals surface area contributed by atoms with Gasteiger partial charge >= 0.3 is 11.1 Å². The molecule has 0 amide bonds. The maximum Gasteiger partial charge on any atom is 0.313 e. The van der Waals surface area contributed by atoms with E-state index in [-0.39, 0.29) is 0 Å². The summed E-state index contributed by atoms with van der Waals surface area (Å²) in [6, 6.07) is 5.89. The molecule has 0 unspecified atom stereocenters. The Kier molecular flexibility index (Phi) is 2.96. The standard InChI is InChI=1S/C12H10N4O2S/c17-11-12(18)15-8(6-13-11)7-19-10-2-4-16-9(5-10)1-3-14-16/h1-6H,7H2,(H,13,17)(H,15,18). The van der Waals surface area contributed by atoms with Crippen LogP contribution in [0.15, 0.2) is 51.3 Å². The SMILES string of the molecule is O=c1[nH]cc(CSc2ccn3nccc3c2)[nH]c1=O.